The highest BCUT2D eigenvalue weighted by Gasteiger charge is 2.38. The van der Waals surface area contributed by atoms with Gasteiger partial charge in [0.1, 0.15) is 5.82 Å². The fourth-order valence-corrected chi connectivity index (χ4v) is 2.65. The van der Waals surface area contributed by atoms with E-state index >= 15 is 0 Å². The van der Waals surface area contributed by atoms with E-state index in [0.29, 0.717) is 0 Å². The minimum absolute atomic E-state index is 0.315. The van der Waals surface area contributed by atoms with E-state index in [1.807, 2.05) is 29.8 Å². The van der Waals surface area contributed by atoms with Gasteiger partial charge in [0.2, 0.25) is 6.08 Å². The minimum Gasteiger partial charge on any atom is -0.304 e. The summed E-state index contributed by atoms with van der Waals surface area (Å²) in [6, 6.07) is 8.19. The summed E-state index contributed by atoms with van der Waals surface area (Å²) in [5, 5.41) is 0. The van der Waals surface area contributed by atoms with Gasteiger partial charge in [0.25, 0.3) is 0 Å². The quantitative estimate of drug-likeness (QED) is 0.623. The number of aryl methyl sites for hydroxylation is 1. The lowest BCUT2D eigenvalue weighted by Gasteiger charge is -2.37. The minimum atomic E-state index is -0.315. The molecule has 0 spiro atoms. The van der Waals surface area contributed by atoms with Crippen molar-refractivity contribution in [3.63, 3.8) is 0 Å². The lowest BCUT2D eigenvalue weighted by molar-refractivity contribution is 0.256. The normalized spacial score (nSPS) is 16.5. The van der Waals surface area contributed by atoms with E-state index in [2.05, 4.69) is 22.1 Å². The van der Waals surface area contributed by atoms with Crippen molar-refractivity contribution in [1.29, 1.82) is 0 Å². The molecule has 19 heavy (non-hydrogen) atoms. The molecule has 0 atom stereocenters. The molecule has 1 aliphatic carbocycles. The van der Waals surface area contributed by atoms with Gasteiger partial charge in [-0.2, -0.15) is 4.99 Å². The van der Waals surface area contributed by atoms with E-state index in [9.17, 15) is 4.79 Å². The van der Waals surface area contributed by atoms with Crippen molar-refractivity contribution in [2.45, 2.75) is 31.7 Å². The van der Waals surface area contributed by atoms with Crippen LogP contribution in [0, 0.1) is 6.92 Å². The Morgan fingerprint density at radius 1 is 1.32 bits per heavy atom. The number of isocyanates is 1. The highest BCUT2D eigenvalue weighted by atomic mass is 16.1. The zero-order valence-electron chi connectivity index (χ0n) is 10.8. The monoisotopic (exact) mass is 253 g/mol. The standard InChI is InChI=1S/C15H15N3O/c1-12-16-9-10-18(12)14-5-3-13(4-6-14)15(17-11-19)7-2-8-15/h3-6,9-10H,2,7-8H2,1H3. The van der Waals surface area contributed by atoms with Gasteiger partial charge in [-0.25, -0.2) is 9.78 Å². The van der Waals surface area contributed by atoms with Crippen molar-refractivity contribution in [2.24, 2.45) is 4.99 Å². The second-order valence-electron chi connectivity index (χ2n) is 4.98. The maximum atomic E-state index is 10.6. The number of hydrogen-bond donors (Lipinski definition) is 0. The highest BCUT2D eigenvalue weighted by Crippen LogP contribution is 2.44. The van der Waals surface area contributed by atoms with Crippen LogP contribution in [0.2, 0.25) is 0 Å². The van der Waals surface area contributed by atoms with Crippen LogP contribution in [0.3, 0.4) is 0 Å². The summed E-state index contributed by atoms with van der Waals surface area (Å²) >= 11 is 0. The fraction of sp³-hybridized carbons (Fsp3) is 0.333. The summed E-state index contributed by atoms with van der Waals surface area (Å²) in [4.78, 5) is 18.8. The van der Waals surface area contributed by atoms with Crippen molar-refractivity contribution in [3.05, 3.63) is 48.0 Å². The summed E-state index contributed by atoms with van der Waals surface area (Å²) < 4.78 is 2.03. The molecule has 1 aromatic heterocycles. The molecule has 1 saturated carbocycles. The molecule has 1 aromatic carbocycles. The van der Waals surface area contributed by atoms with Crippen LogP contribution in [0.25, 0.3) is 5.69 Å². The first kappa shape index (κ1) is 11.9. The van der Waals surface area contributed by atoms with E-state index in [-0.39, 0.29) is 5.54 Å². The van der Waals surface area contributed by atoms with E-state index in [1.165, 1.54) is 0 Å². The van der Waals surface area contributed by atoms with Crippen molar-refractivity contribution in [2.75, 3.05) is 0 Å². The molecule has 1 heterocycles. The Labute approximate surface area is 111 Å². The maximum Gasteiger partial charge on any atom is 0.235 e. The van der Waals surface area contributed by atoms with E-state index in [4.69, 9.17) is 0 Å². The summed E-state index contributed by atoms with van der Waals surface area (Å²) in [5.41, 5.74) is 1.86. The summed E-state index contributed by atoms with van der Waals surface area (Å²) in [7, 11) is 0. The third-order valence-electron chi connectivity index (χ3n) is 3.95. The van der Waals surface area contributed by atoms with Gasteiger partial charge >= 0.3 is 0 Å². The van der Waals surface area contributed by atoms with Crippen LogP contribution < -0.4 is 0 Å². The number of hydrogen-bond acceptors (Lipinski definition) is 3. The second kappa shape index (κ2) is 4.48. The van der Waals surface area contributed by atoms with Crippen LogP contribution >= 0.6 is 0 Å². The van der Waals surface area contributed by atoms with Crippen LogP contribution in [0.5, 0.6) is 0 Å². The van der Waals surface area contributed by atoms with E-state index in [0.717, 1.165) is 36.3 Å². The summed E-state index contributed by atoms with van der Waals surface area (Å²) in [6.07, 6.45) is 8.43. The smallest absolute Gasteiger partial charge is 0.235 e. The molecule has 0 radical (unpaired) electrons. The molecule has 1 fully saturated rings. The number of aromatic nitrogens is 2. The molecule has 0 N–H and O–H groups in total. The Morgan fingerprint density at radius 2 is 2.05 bits per heavy atom. The number of imidazole rings is 1. The molecule has 0 unspecified atom stereocenters. The lowest BCUT2D eigenvalue weighted by atomic mass is 9.72. The molecule has 0 bridgehead atoms. The fourth-order valence-electron chi connectivity index (χ4n) is 2.65. The summed E-state index contributed by atoms with van der Waals surface area (Å²) in [5.74, 6) is 0.956. The van der Waals surface area contributed by atoms with E-state index < -0.39 is 0 Å². The molecular formula is C15H15N3O. The van der Waals surface area contributed by atoms with Gasteiger partial charge < -0.3 is 4.57 Å². The maximum absolute atomic E-state index is 10.6. The number of carbonyl (C=O) groups excluding carboxylic acids is 1. The average Bonchev–Trinajstić information content (AvgIpc) is 2.80. The predicted molar refractivity (Wildman–Crippen MR) is 72.0 cm³/mol. The van der Waals surface area contributed by atoms with Crippen LogP contribution in [0.15, 0.2) is 41.7 Å². The first-order chi connectivity index (χ1) is 9.25. The van der Waals surface area contributed by atoms with Crippen molar-refractivity contribution in [1.82, 2.24) is 9.55 Å². The second-order valence-corrected chi connectivity index (χ2v) is 4.98. The van der Waals surface area contributed by atoms with Gasteiger partial charge in [-0.15, -0.1) is 0 Å². The molecule has 2 aromatic rings. The number of nitrogens with zero attached hydrogens (tertiary/aromatic N) is 3. The molecule has 0 aliphatic heterocycles. The van der Waals surface area contributed by atoms with Gasteiger partial charge in [0.05, 0.1) is 5.54 Å². The van der Waals surface area contributed by atoms with Crippen LogP contribution in [-0.2, 0) is 10.3 Å². The average molecular weight is 253 g/mol. The molecular weight excluding hydrogens is 238 g/mol. The molecule has 0 amide bonds. The number of benzene rings is 1. The van der Waals surface area contributed by atoms with Gasteiger partial charge in [-0.1, -0.05) is 12.1 Å². The van der Waals surface area contributed by atoms with Gasteiger partial charge in [-0.3, -0.25) is 0 Å². The number of rotatable bonds is 3. The molecule has 1 aliphatic rings. The van der Waals surface area contributed by atoms with Crippen molar-refractivity contribution in [3.8, 4) is 5.69 Å². The Morgan fingerprint density at radius 3 is 2.53 bits per heavy atom. The Hall–Kier alpha value is -2.19. The Bertz CT molecular complexity index is 632. The molecule has 4 nitrogen and oxygen atoms in total. The first-order valence-corrected chi connectivity index (χ1v) is 6.45. The summed E-state index contributed by atoms with van der Waals surface area (Å²) in [6.45, 7) is 1.97. The Kier molecular flexibility index (Phi) is 2.80. The topological polar surface area (TPSA) is 47.2 Å². The SMILES string of the molecule is Cc1nccn1-c1ccc(C2(N=C=O)CCC2)cc1. The van der Waals surface area contributed by atoms with Gasteiger partial charge in [0, 0.05) is 18.1 Å². The zero-order chi connectivity index (χ0) is 13.3. The van der Waals surface area contributed by atoms with Crippen LogP contribution in [0.1, 0.15) is 30.7 Å². The largest absolute Gasteiger partial charge is 0.304 e. The first-order valence-electron chi connectivity index (χ1n) is 6.45. The van der Waals surface area contributed by atoms with Crippen molar-refractivity contribution < 1.29 is 4.79 Å². The van der Waals surface area contributed by atoms with Crippen LogP contribution in [0.4, 0.5) is 0 Å². The molecule has 96 valence electrons. The molecule has 0 saturated heterocycles. The third kappa shape index (κ3) is 1.90. The highest BCUT2D eigenvalue weighted by molar-refractivity contribution is 5.43. The van der Waals surface area contributed by atoms with Gasteiger partial charge in [-0.05, 0) is 43.9 Å². The molecule has 3 rings (SSSR count). The lowest BCUT2D eigenvalue weighted by Crippen LogP contribution is -2.31. The molecule has 4 heteroatoms. The zero-order valence-corrected chi connectivity index (χ0v) is 10.8. The van der Waals surface area contributed by atoms with Crippen molar-refractivity contribution >= 4 is 6.08 Å². The predicted octanol–water partition coefficient (Wildman–Crippen LogP) is 2.90. The number of aliphatic imine (C=N–C) groups is 1. The van der Waals surface area contributed by atoms with E-state index in [1.54, 1.807) is 12.3 Å². The third-order valence-corrected chi connectivity index (χ3v) is 3.95. The van der Waals surface area contributed by atoms with Crippen LogP contribution in [-0.4, -0.2) is 15.6 Å². The van der Waals surface area contributed by atoms with Gasteiger partial charge in [0.15, 0.2) is 0 Å². The Balaban J connectivity index is 1.95.